The fourth-order valence-electron chi connectivity index (χ4n) is 1.26. The van der Waals surface area contributed by atoms with Crippen LogP contribution in [-0.2, 0) is 0 Å². The first-order valence-electron chi connectivity index (χ1n) is 5.84. The Balaban J connectivity index is 2.62. The van der Waals surface area contributed by atoms with Crippen LogP contribution in [0.2, 0.25) is 0 Å². The Hall–Kier alpha value is -2.00. The van der Waals surface area contributed by atoms with Gasteiger partial charge in [0.2, 0.25) is 5.29 Å². The van der Waals surface area contributed by atoms with Crippen molar-refractivity contribution in [2.45, 2.75) is 12.8 Å². The van der Waals surface area contributed by atoms with E-state index in [0.29, 0.717) is 12.0 Å². The molecule has 0 aromatic heterocycles. The van der Waals surface area contributed by atoms with Gasteiger partial charge in [-0.15, -0.1) is 6.58 Å². The predicted octanol–water partition coefficient (Wildman–Crippen LogP) is 4.20. The van der Waals surface area contributed by atoms with Crippen LogP contribution in [0.25, 0.3) is 0 Å². The minimum atomic E-state index is 0.0219. The van der Waals surface area contributed by atoms with E-state index in [2.05, 4.69) is 23.1 Å². The third-order valence-corrected chi connectivity index (χ3v) is 2.49. The molecule has 1 aromatic rings. The number of allylic oxidation sites excluding steroid dienone is 1. The van der Waals surface area contributed by atoms with Crippen molar-refractivity contribution in [1.82, 2.24) is 0 Å². The van der Waals surface area contributed by atoms with E-state index in [-0.39, 0.29) is 11.1 Å². The molecule has 1 N–H and O–H groups in total. The number of halogens is 1. The summed E-state index contributed by atoms with van der Waals surface area (Å²) in [5.74, 6) is 0.0528. The molecule has 0 radical (unpaired) electrons. The SMILES string of the molecule is C=CCCC(=C)C(=N)/N=C(Cl)\N=C\c1ccccc1. The molecule has 0 unspecified atom stereocenters. The van der Waals surface area contributed by atoms with E-state index in [1.54, 1.807) is 12.3 Å². The summed E-state index contributed by atoms with van der Waals surface area (Å²) in [4.78, 5) is 7.86. The predicted molar refractivity (Wildman–Crippen MR) is 83.6 cm³/mol. The summed E-state index contributed by atoms with van der Waals surface area (Å²) in [6.07, 6.45) is 4.79. The van der Waals surface area contributed by atoms with Crippen LogP contribution in [0.5, 0.6) is 0 Å². The van der Waals surface area contributed by atoms with E-state index in [1.165, 1.54) is 0 Å². The van der Waals surface area contributed by atoms with Crippen LogP contribution in [0.4, 0.5) is 0 Å². The summed E-state index contributed by atoms with van der Waals surface area (Å²) >= 11 is 5.85. The number of hydrogen-bond acceptors (Lipinski definition) is 1. The Morgan fingerprint density at radius 3 is 2.63 bits per heavy atom. The van der Waals surface area contributed by atoms with Crippen LogP contribution in [0.15, 0.2) is 65.1 Å². The van der Waals surface area contributed by atoms with Crippen molar-refractivity contribution < 1.29 is 0 Å². The summed E-state index contributed by atoms with van der Waals surface area (Å²) in [5.41, 5.74) is 1.54. The van der Waals surface area contributed by atoms with E-state index in [0.717, 1.165) is 12.0 Å². The number of benzene rings is 1. The van der Waals surface area contributed by atoms with Crippen molar-refractivity contribution in [3.63, 3.8) is 0 Å². The van der Waals surface area contributed by atoms with E-state index >= 15 is 0 Å². The Morgan fingerprint density at radius 2 is 2.00 bits per heavy atom. The Kier molecular flexibility index (Phi) is 6.47. The van der Waals surface area contributed by atoms with Crippen LogP contribution in [0.1, 0.15) is 18.4 Å². The summed E-state index contributed by atoms with van der Waals surface area (Å²) in [5, 5.41) is 7.73. The van der Waals surface area contributed by atoms with Crippen molar-refractivity contribution in [3.05, 3.63) is 60.7 Å². The van der Waals surface area contributed by atoms with E-state index < -0.39 is 0 Å². The van der Waals surface area contributed by atoms with Crippen molar-refractivity contribution >= 4 is 28.9 Å². The van der Waals surface area contributed by atoms with Crippen molar-refractivity contribution in [1.29, 1.82) is 5.41 Å². The van der Waals surface area contributed by atoms with E-state index in [9.17, 15) is 0 Å². The number of hydrogen-bond donors (Lipinski definition) is 1. The number of amidine groups is 2. The van der Waals surface area contributed by atoms with Gasteiger partial charge in [0.15, 0.2) is 5.84 Å². The average molecular weight is 274 g/mol. The quantitative estimate of drug-likeness (QED) is 0.362. The largest absolute Gasteiger partial charge is 0.283 e. The highest BCUT2D eigenvalue weighted by Crippen LogP contribution is 2.06. The Labute approximate surface area is 118 Å². The molecular weight excluding hydrogens is 258 g/mol. The number of aliphatic imine (C=N–C) groups is 2. The molecule has 0 bridgehead atoms. The van der Waals surface area contributed by atoms with Gasteiger partial charge in [0.05, 0.1) is 0 Å². The van der Waals surface area contributed by atoms with Gasteiger partial charge in [0, 0.05) is 6.21 Å². The maximum Gasteiger partial charge on any atom is 0.224 e. The molecule has 19 heavy (non-hydrogen) atoms. The van der Waals surface area contributed by atoms with Gasteiger partial charge in [-0.25, -0.2) is 4.99 Å². The maximum absolute atomic E-state index is 7.71. The maximum atomic E-state index is 7.71. The molecule has 0 atom stereocenters. The average Bonchev–Trinajstić information content (AvgIpc) is 2.43. The van der Waals surface area contributed by atoms with Gasteiger partial charge in [0.25, 0.3) is 0 Å². The monoisotopic (exact) mass is 273 g/mol. The third kappa shape index (κ3) is 5.93. The highest BCUT2D eigenvalue weighted by Gasteiger charge is 2.01. The van der Waals surface area contributed by atoms with E-state index in [1.807, 2.05) is 30.3 Å². The van der Waals surface area contributed by atoms with Gasteiger partial charge in [-0.05, 0) is 35.6 Å². The fraction of sp³-hybridized carbons (Fsp3) is 0.133. The van der Waals surface area contributed by atoms with Gasteiger partial charge >= 0.3 is 0 Å². The molecule has 0 aliphatic heterocycles. The first-order chi connectivity index (χ1) is 9.13. The summed E-state index contributed by atoms with van der Waals surface area (Å²) in [7, 11) is 0. The third-order valence-electron chi connectivity index (χ3n) is 2.31. The molecule has 0 saturated carbocycles. The zero-order valence-electron chi connectivity index (χ0n) is 10.6. The number of nitrogens with one attached hydrogen (secondary N) is 1. The van der Waals surface area contributed by atoms with Crippen LogP contribution in [0, 0.1) is 5.41 Å². The van der Waals surface area contributed by atoms with Crippen LogP contribution in [-0.4, -0.2) is 17.3 Å². The summed E-state index contributed by atoms with van der Waals surface area (Å²) in [6.45, 7) is 7.39. The molecule has 3 nitrogen and oxygen atoms in total. The van der Waals surface area contributed by atoms with Crippen LogP contribution in [0.3, 0.4) is 0 Å². The van der Waals surface area contributed by atoms with Crippen molar-refractivity contribution in [2.24, 2.45) is 9.98 Å². The topological polar surface area (TPSA) is 48.6 Å². The second-order valence-corrected chi connectivity index (χ2v) is 4.17. The Morgan fingerprint density at radius 1 is 1.32 bits per heavy atom. The van der Waals surface area contributed by atoms with Gasteiger partial charge in [-0.1, -0.05) is 43.0 Å². The van der Waals surface area contributed by atoms with Gasteiger partial charge in [0.1, 0.15) is 0 Å². The highest BCUT2D eigenvalue weighted by atomic mass is 35.5. The standard InChI is InChI=1S/C15H16ClN3/c1-3-4-8-12(2)14(17)19-15(16)18-11-13-9-6-5-7-10-13/h3,5-7,9-11,17H,1-2,4,8H2/b17-14?,18-11+,19-15-. The summed E-state index contributed by atoms with van der Waals surface area (Å²) < 4.78 is 0. The zero-order chi connectivity index (χ0) is 14.1. The lowest BCUT2D eigenvalue weighted by Gasteiger charge is -2.00. The lowest BCUT2D eigenvalue weighted by molar-refractivity contribution is 1.02. The molecule has 0 spiro atoms. The smallest absolute Gasteiger partial charge is 0.224 e. The summed E-state index contributed by atoms with van der Waals surface area (Å²) in [6, 6.07) is 9.55. The molecule has 0 aliphatic rings. The van der Waals surface area contributed by atoms with Crippen LogP contribution >= 0.6 is 11.6 Å². The van der Waals surface area contributed by atoms with Crippen LogP contribution < -0.4 is 0 Å². The Bertz CT molecular complexity index is 515. The zero-order valence-corrected chi connectivity index (χ0v) is 11.4. The molecule has 1 rings (SSSR count). The normalized spacial score (nSPS) is 11.5. The van der Waals surface area contributed by atoms with Crippen molar-refractivity contribution in [3.8, 4) is 0 Å². The first kappa shape index (κ1) is 15.1. The van der Waals surface area contributed by atoms with E-state index in [4.69, 9.17) is 17.0 Å². The van der Waals surface area contributed by atoms with Gasteiger partial charge < -0.3 is 0 Å². The van der Waals surface area contributed by atoms with Crippen molar-refractivity contribution in [2.75, 3.05) is 0 Å². The molecule has 0 aliphatic carbocycles. The number of nitrogens with zero attached hydrogens (tertiary/aromatic N) is 2. The molecule has 0 fully saturated rings. The molecular formula is C15H16ClN3. The first-order valence-corrected chi connectivity index (χ1v) is 6.22. The minimum Gasteiger partial charge on any atom is -0.283 e. The second-order valence-electron chi connectivity index (χ2n) is 3.83. The molecule has 0 saturated heterocycles. The minimum absolute atomic E-state index is 0.0219. The molecule has 0 heterocycles. The lowest BCUT2D eigenvalue weighted by Crippen LogP contribution is -1.99. The molecule has 0 amide bonds. The van der Waals surface area contributed by atoms with Gasteiger partial charge in [-0.2, -0.15) is 4.99 Å². The highest BCUT2D eigenvalue weighted by molar-refractivity contribution is 6.66. The fourth-order valence-corrected chi connectivity index (χ4v) is 1.40. The van der Waals surface area contributed by atoms with Gasteiger partial charge in [-0.3, -0.25) is 5.41 Å². The molecule has 1 aromatic carbocycles. The second kappa shape index (κ2) is 8.16. The number of rotatable bonds is 5. The molecule has 4 heteroatoms. The molecule has 98 valence electrons. The lowest BCUT2D eigenvalue weighted by atomic mass is 10.1.